The van der Waals surface area contributed by atoms with Gasteiger partial charge < -0.3 is 10.5 Å². The van der Waals surface area contributed by atoms with Crippen molar-refractivity contribution in [3.05, 3.63) is 23.8 Å². The van der Waals surface area contributed by atoms with E-state index in [1.54, 1.807) is 22.5 Å². The molecule has 7 heteroatoms. The van der Waals surface area contributed by atoms with Crippen molar-refractivity contribution in [1.82, 2.24) is 4.31 Å². The lowest BCUT2D eigenvalue weighted by Gasteiger charge is -2.32. The van der Waals surface area contributed by atoms with E-state index in [1.807, 2.05) is 20.8 Å². The van der Waals surface area contributed by atoms with Gasteiger partial charge in [0.15, 0.2) is 0 Å². The van der Waals surface area contributed by atoms with Crippen LogP contribution in [-0.4, -0.2) is 38.5 Å². The molecule has 24 heavy (non-hydrogen) atoms. The number of rotatable bonds is 6. The predicted molar refractivity (Wildman–Crippen MR) is 99.3 cm³/mol. The number of nitrogens with zero attached hydrogens (tertiary/aromatic N) is 1. The molecule has 1 fully saturated rings. The van der Waals surface area contributed by atoms with Crippen LogP contribution in [0.2, 0.25) is 0 Å². The monoisotopic (exact) mass is 376 g/mol. The van der Waals surface area contributed by atoms with E-state index in [4.69, 9.17) is 10.5 Å². The Labute approximate surface area is 152 Å². The molecule has 1 heterocycles. The van der Waals surface area contributed by atoms with E-state index in [0.717, 1.165) is 30.6 Å². The van der Waals surface area contributed by atoms with Gasteiger partial charge in [-0.05, 0) is 76.3 Å². The van der Waals surface area contributed by atoms with E-state index in [-0.39, 0.29) is 18.5 Å². The number of nitrogens with two attached hydrogens (primary N) is 1. The molecule has 138 valence electrons. The van der Waals surface area contributed by atoms with Crippen LogP contribution in [0.3, 0.4) is 0 Å². The number of aryl methyl sites for hydroxylation is 1. The normalized spacial score (nSPS) is 19.1. The second-order valence-corrected chi connectivity index (χ2v) is 8.48. The number of sulfonamides is 1. The Kier molecular flexibility index (Phi) is 7.99. The van der Waals surface area contributed by atoms with Crippen LogP contribution in [0, 0.1) is 12.8 Å². The molecule has 2 N–H and O–H groups in total. The first-order valence-electron chi connectivity index (χ1n) is 8.32. The van der Waals surface area contributed by atoms with Gasteiger partial charge in [-0.3, -0.25) is 0 Å². The minimum atomic E-state index is -3.44. The molecule has 1 unspecified atom stereocenters. The summed E-state index contributed by atoms with van der Waals surface area (Å²) in [5.74, 6) is 1.10. The topological polar surface area (TPSA) is 72.6 Å². The Bertz CT molecular complexity index is 633. The standard InChI is InChI=1S/C17H28N2O3S.ClH/c1-13(2)22-17-7-6-16(11-14(17)3)23(20,21)19-10-4-5-15(12-19)8-9-18;/h6-7,11,13,15H,4-5,8-10,12,18H2,1-3H3;1H. The second kappa shape index (κ2) is 9.04. The van der Waals surface area contributed by atoms with E-state index < -0.39 is 10.0 Å². The predicted octanol–water partition coefficient (Wildman–Crippen LogP) is 2.95. The van der Waals surface area contributed by atoms with E-state index >= 15 is 0 Å². The summed E-state index contributed by atoms with van der Waals surface area (Å²) in [6.07, 6.45) is 2.91. The van der Waals surface area contributed by atoms with Crippen LogP contribution >= 0.6 is 12.4 Å². The number of halogens is 1. The molecule has 1 aromatic carbocycles. The molecule has 0 amide bonds. The summed E-state index contributed by atoms with van der Waals surface area (Å²) in [7, 11) is -3.44. The van der Waals surface area contributed by atoms with Crippen molar-refractivity contribution in [1.29, 1.82) is 0 Å². The third-order valence-electron chi connectivity index (χ3n) is 4.20. The van der Waals surface area contributed by atoms with Crippen LogP contribution in [0.5, 0.6) is 5.75 Å². The molecule has 1 aliphatic heterocycles. The fourth-order valence-electron chi connectivity index (χ4n) is 3.03. The Morgan fingerprint density at radius 2 is 2.08 bits per heavy atom. The molecule has 2 rings (SSSR count). The number of ether oxygens (including phenoxy) is 1. The molecule has 0 bridgehead atoms. The first-order chi connectivity index (χ1) is 10.8. The molecule has 0 aliphatic carbocycles. The maximum atomic E-state index is 12.9. The van der Waals surface area contributed by atoms with Crippen molar-refractivity contribution in [2.24, 2.45) is 11.7 Å². The second-order valence-electron chi connectivity index (χ2n) is 6.54. The number of piperidine rings is 1. The zero-order chi connectivity index (χ0) is 17.0. The minimum absolute atomic E-state index is 0. The van der Waals surface area contributed by atoms with Gasteiger partial charge in [0.25, 0.3) is 0 Å². The van der Waals surface area contributed by atoms with Crippen LogP contribution < -0.4 is 10.5 Å². The molecule has 0 aromatic heterocycles. The third-order valence-corrected chi connectivity index (χ3v) is 6.06. The van der Waals surface area contributed by atoms with E-state index in [9.17, 15) is 8.42 Å². The van der Waals surface area contributed by atoms with Crippen molar-refractivity contribution in [3.8, 4) is 5.75 Å². The van der Waals surface area contributed by atoms with Gasteiger partial charge in [-0.25, -0.2) is 8.42 Å². The van der Waals surface area contributed by atoms with Gasteiger partial charge >= 0.3 is 0 Å². The Morgan fingerprint density at radius 3 is 2.67 bits per heavy atom. The summed E-state index contributed by atoms with van der Waals surface area (Å²) < 4.78 is 33.0. The number of hydrogen-bond donors (Lipinski definition) is 1. The highest BCUT2D eigenvalue weighted by atomic mass is 35.5. The smallest absolute Gasteiger partial charge is 0.243 e. The quantitative estimate of drug-likeness (QED) is 0.828. The fourth-order valence-corrected chi connectivity index (χ4v) is 4.67. The molecule has 0 radical (unpaired) electrons. The van der Waals surface area contributed by atoms with Crippen molar-refractivity contribution in [3.63, 3.8) is 0 Å². The van der Waals surface area contributed by atoms with E-state index in [0.29, 0.717) is 30.4 Å². The molecule has 1 aromatic rings. The van der Waals surface area contributed by atoms with Gasteiger partial charge in [-0.15, -0.1) is 12.4 Å². The molecule has 5 nitrogen and oxygen atoms in total. The summed E-state index contributed by atoms with van der Waals surface area (Å²) in [5, 5.41) is 0. The summed E-state index contributed by atoms with van der Waals surface area (Å²) in [4.78, 5) is 0.347. The molecule has 1 atom stereocenters. The lowest BCUT2D eigenvalue weighted by atomic mass is 9.96. The molecule has 0 spiro atoms. The fraction of sp³-hybridized carbons (Fsp3) is 0.647. The third kappa shape index (κ3) is 5.09. The van der Waals surface area contributed by atoms with Crippen molar-refractivity contribution in [2.75, 3.05) is 19.6 Å². The van der Waals surface area contributed by atoms with Gasteiger partial charge in [-0.2, -0.15) is 4.31 Å². The van der Waals surface area contributed by atoms with Crippen molar-refractivity contribution in [2.45, 2.75) is 51.0 Å². The van der Waals surface area contributed by atoms with Gasteiger partial charge in [0.05, 0.1) is 11.0 Å². The van der Waals surface area contributed by atoms with Crippen molar-refractivity contribution < 1.29 is 13.2 Å². The molecular formula is C17H29ClN2O3S. The number of benzene rings is 1. The Balaban J connectivity index is 0.00000288. The highest BCUT2D eigenvalue weighted by Gasteiger charge is 2.30. The van der Waals surface area contributed by atoms with Crippen LogP contribution in [0.15, 0.2) is 23.1 Å². The Hall–Kier alpha value is -0.820. The highest BCUT2D eigenvalue weighted by Crippen LogP contribution is 2.28. The zero-order valence-corrected chi connectivity index (χ0v) is 16.3. The summed E-state index contributed by atoms with van der Waals surface area (Å²) in [6.45, 7) is 7.56. The number of hydrogen-bond acceptors (Lipinski definition) is 4. The van der Waals surface area contributed by atoms with Crippen LogP contribution in [0.1, 0.15) is 38.7 Å². The summed E-state index contributed by atoms with van der Waals surface area (Å²) in [5.41, 5.74) is 6.46. The van der Waals surface area contributed by atoms with Crippen molar-refractivity contribution >= 4 is 22.4 Å². The average molecular weight is 377 g/mol. The van der Waals surface area contributed by atoms with Gasteiger partial charge in [0, 0.05) is 13.1 Å². The lowest BCUT2D eigenvalue weighted by Crippen LogP contribution is -2.40. The summed E-state index contributed by atoms with van der Waals surface area (Å²) >= 11 is 0. The first-order valence-corrected chi connectivity index (χ1v) is 9.76. The summed E-state index contributed by atoms with van der Waals surface area (Å²) in [6, 6.07) is 5.11. The lowest BCUT2D eigenvalue weighted by molar-refractivity contribution is 0.240. The highest BCUT2D eigenvalue weighted by molar-refractivity contribution is 7.89. The average Bonchev–Trinajstić information content (AvgIpc) is 2.49. The Morgan fingerprint density at radius 1 is 1.38 bits per heavy atom. The molecule has 1 saturated heterocycles. The van der Waals surface area contributed by atoms with Crippen LogP contribution in [0.25, 0.3) is 0 Å². The molecule has 1 aliphatic rings. The zero-order valence-electron chi connectivity index (χ0n) is 14.7. The van der Waals surface area contributed by atoms with Crippen LogP contribution in [0.4, 0.5) is 0 Å². The van der Waals surface area contributed by atoms with Gasteiger partial charge in [0.1, 0.15) is 5.75 Å². The largest absolute Gasteiger partial charge is 0.491 e. The molecule has 0 saturated carbocycles. The maximum Gasteiger partial charge on any atom is 0.243 e. The molecular weight excluding hydrogens is 348 g/mol. The van der Waals surface area contributed by atoms with E-state index in [1.165, 1.54) is 0 Å². The maximum absolute atomic E-state index is 12.9. The van der Waals surface area contributed by atoms with Crippen LogP contribution in [-0.2, 0) is 10.0 Å². The SMILES string of the molecule is Cc1cc(S(=O)(=O)N2CCCC(CCN)C2)ccc1OC(C)C.Cl. The minimum Gasteiger partial charge on any atom is -0.491 e. The first kappa shape index (κ1) is 21.2. The van der Waals surface area contributed by atoms with Gasteiger partial charge in [-0.1, -0.05) is 0 Å². The van der Waals surface area contributed by atoms with E-state index in [2.05, 4.69) is 0 Å². The van der Waals surface area contributed by atoms with Gasteiger partial charge in [0.2, 0.25) is 10.0 Å².